The van der Waals surface area contributed by atoms with E-state index in [0.29, 0.717) is 5.54 Å². The van der Waals surface area contributed by atoms with E-state index in [9.17, 15) is 0 Å². The maximum absolute atomic E-state index is 5.41. The monoisotopic (exact) mass is 119 g/mol. The molecule has 0 aromatic rings. The number of rotatable bonds is 2. The lowest BCUT2D eigenvalue weighted by atomic mass is 10.2. The topological polar surface area (TPSA) is 12.0 Å². The largest absolute Gasteiger partial charge is 0.227 e. The third kappa shape index (κ3) is 0.892. The van der Waals surface area contributed by atoms with Gasteiger partial charge in [0.1, 0.15) is 0 Å². The maximum atomic E-state index is 5.41. The van der Waals surface area contributed by atoms with Crippen LogP contribution in [0.2, 0.25) is 0 Å². The summed E-state index contributed by atoms with van der Waals surface area (Å²) in [5.74, 6) is 0. The van der Waals surface area contributed by atoms with E-state index in [-0.39, 0.29) is 0 Å². The molecule has 0 amide bonds. The molecule has 1 N–H and O–H groups in total. The third-order valence-electron chi connectivity index (χ3n) is 1.73. The number of hydrogen-bond acceptors (Lipinski definition) is 1. The molecule has 1 nitrogen and oxygen atoms in total. The second kappa shape index (κ2) is 1.64. The van der Waals surface area contributed by atoms with Crippen LogP contribution in [0, 0.1) is 0 Å². The molecule has 0 heterocycles. The fourth-order valence-corrected chi connectivity index (χ4v) is 0.988. The van der Waals surface area contributed by atoms with Gasteiger partial charge in [-0.15, -0.1) is 0 Å². The highest BCUT2D eigenvalue weighted by Crippen LogP contribution is 2.38. The van der Waals surface area contributed by atoms with Crippen molar-refractivity contribution >= 4 is 11.8 Å². The molecule has 0 atom stereocenters. The normalized spacial score (nSPS) is 24.9. The van der Waals surface area contributed by atoms with Gasteiger partial charge in [-0.25, -0.2) is 4.84 Å². The summed E-state index contributed by atoms with van der Waals surface area (Å²) in [5.41, 5.74) is 0.349. The summed E-state index contributed by atoms with van der Waals surface area (Å²) < 4.78 is 0. The highest BCUT2D eigenvalue weighted by Gasteiger charge is 2.39. The Bertz CT molecular complexity index is 62.5. The molecule has 0 bridgehead atoms. The molecule has 1 aliphatic carbocycles. The second-order valence-electron chi connectivity index (χ2n) is 2.23. The first-order valence-electron chi connectivity index (χ1n) is 2.71. The number of halogens is 1. The fourth-order valence-electron chi connectivity index (χ4n) is 0.666. The summed E-state index contributed by atoms with van der Waals surface area (Å²) in [6, 6.07) is 0. The van der Waals surface area contributed by atoms with Crippen LogP contribution in [0.25, 0.3) is 0 Å². The summed E-state index contributed by atoms with van der Waals surface area (Å²) >= 11 is 5.41. The van der Waals surface area contributed by atoms with Crippen molar-refractivity contribution in [3.8, 4) is 0 Å². The van der Waals surface area contributed by atoms with Gasteiger partial charge in [0, 0.05) is 5.54 Å². The molecular formula is C5H10ClN. The van der Waals surface area contributed by atoms with E-state index in [1.165, 1.54) is 12.8 Å². The average Bonchev–Trinajstić information content (AvgIpc) is 2.46. The van der Waals surface area contributed by atoms with Gasteiger partial charge < -0.3 is 0 Å². The SMILES string of the molecule is CCC1(NCl)CC1. The van der Waals surface area contributed by atoms with Crippen LogP contribution in [0.15, 0.2) is 0 Å². The Morgan fingerprint density at radius 3 is 2.29 bits per heavy atom. The first kappa shape index (κ1) is 5.39. The molecule has 42 valence electrons. The first-order valence-corrected chi connectivity index (χ1v) is 3.08. The van der Waals surface area contributed by atoms with E-state index in [1.54, 1.807) is 0 Å². The van der Waals surface area contributed by atoms with Crippen molar-refractivity contribution in [3.05, 3.63) is 0 Å². The lowest BCUT2D eigenvalue weighted by Gasteiger charge is -2.05. The van der Waals surface area contributed by atoms with E-state index in [1.807, 2.05) is 0 Å². The summed E-state index contributed by atoms with van der Waals surface area (Å²) in [7, 11) is 0. The third-order valence-corrected chi connectivity index (χ3v) is 2.13. The predicted molar refractivity (Wildman–Crippen MR) is 31.2 cm³/mol. The van der Waals surface area contributed by atoms with Gasteiger partial charge in [0.05, 0.1) is 0 Å². The zero-order valence-corrected chi connectivity index (χ0v) is 5.26. The Hall–Kier alpha value is 0.250. The van der Waals surface area contributed by atoms with Crippen molar-refractivity contribution in [2.75, 3.05) is 0 Å². The number of nitrogens with one attached hydrogen (secondary N) is 1. The van der Waals surface area contributed by atoms with Gasteiger partial charge in [-0.05, 0) is 31.0 Å². The van der Waals surface area contributed by atoms with Gasteiger partial charge >= 0.3 is 0 Å². The van der Waals surface area contributed by atoms with Crippen LogP contribution in [0.5, 0.6) is 0 Å². The molecule has 7 heavy (non-hydrogen) atoms. The Morgan fingerprint density at radius 2 is 2.29 bits per heavy atom. The lowest BCUT2D eigenvalue weighted by molar-refractivity contribution is 0.598. The van der Waals surface area contributed by atoms with Crippen molar-refractivity contribution in [1.82, 2.24) is 4.84 Å². The quantitative estimate of drug-likeness (QED) is 0.546. The van der Waals surface area contributed by atoms with Crippen molar-refractivity contribution < 1.29 is 0 Å². The molecule has 0 aromatic carbocycles. The standard InChI is InChI=1S/C5H10ClN/c1-2-5(7-6)3-4-5/h7H,2-4H2,1H3. The maximum Gasteiger partial charge on any atom is 0.0330 e. The van der Waals surface area contributed by atoms with Crippen LogP contribution < -0.4 is 4.84 Å². The van der Waals surface area contributed by atoms with Crippen LogP contribution in [0.1, 0.15) is 26.2 Å². The Labute approximate surface area is 49.2 Å². The Balaban J connectivity index is 2.28. The minimum atomic E-state index is 0.349. The first-order chi connectivity index (χ1) is 3.33. The predicted octanol–water partition coefficient (Wildman–Crippen LogP) is 1.67. The zero-order chi connectivity index (χ0) is 5.33. The molecule has 1 saturated carbocycles. The van der Waals surface area contributed by atoms with Gasteiger partial charge in [-0.1, -0.05) is 6.92 Å². The number of hydrogen-bond donors (Lipinski definition) is 1. The fraction of sp³-hybridized carbons (Fsp3) is 1.00. The summed E-state index contributed by atoms with van der Waals surface area (Å²) in [6.45, 7) is 2.16. The molecule has 1 aliphatic rings. The van der Waals surface area contributed by atoms with Crippen molar-refractivity contribution in [2.45, 2.75) is 31.7 Å². The van der Waals surface area contributed by atoms with Crippen LogP contribution in [-0.4, -0.2) is 5.54 Å². The molecule has 0 unspecified atom stereocenters. The van der Waals surface area contributed by atoms with Gasteiger partial charge in [0.2, 0.25) is 0 Å². The van der Waals surface area contributed by atoms with E-state index < -0.39 is 0 Å². The highest BCUT2D eigenvalue weighted by molar-refractivity contribution is 6.14. The molecule has 0 aromatic heterocycles. The Morgan fingerprint density at radius 1 is 1.71 bits per heavy atom. The van der Waals surface area contributed by atoms with Crippen molar-refractivity contribution in [3.63, 3.8) is 0 Å². The van der Waals surface area contributed by atoms with Crippen molar-refractivity contribution in [1.29, 1.82) is 0 Å². The molecule has 0 aliphatic heterocycles. The molecule has 0 saturated heterocycles. The van der Waals surface area contributed by atoms with Crippen LogP contribution in [0.3, 0.4) is 0 Å². The summed E-state index contributed by atoms with van der Waals surface area (Å²) in [6.07, 6.45) is 3.68. The summed E-state index contributed by atoms with van der Waals surface area (Å²) in [4.78, 5) is 2.77. The smallest absolute Gasteiger partial charge is 0.0330 e. The zero-order valence-electron chi connectivity index (χ0n) is 4.50. The second-order valence-corrected chi connectivity index (χ2v) is 2.42. The van der Waals surface area contributed by atoms with Gasteiger partial charge in [0.15, 0.2) is 0 Å². The minimum Gasteiger partial charge on any atom is -0.227 e. The highest BCUT2D eigenvalue weighted by atomic mass is 35.5. The minimum absolute atomic E-state index is 0.349. The van der Waals surface area contributed by atoms with Gasteiger partial charge in [-0.2, -0.15) is 0 Å². The Kier molecular flexibility index (Phi) is 1.26. The average molecular weight is 120 g/mol. The van der Waals surface area contributed by atoms with Gasteiger partial charge in [0.25, 0.3) is 0 Å². The molecule has 1 rings (SSSR count). The van der Waals surface area contributed by atoms with E-state index in [2.05, 4.69) is 11.8 Å². The molecule has 0 radical (unpaired) electrons. The molecule has 0 spiro atoms. The van der Waals surface area contributed by atoms with Crippen molar-refractivity contribution in [2.24, 2.45) is 0 Å². The van der Waals surface area contributed by atoms with Crippen LogP contribution >= 0.6 is 11.8 Å². The van der Waals surface area contributed by atoms with E-state index in [0.717, 1.165) is 6.42 Å². The molecule has 1 fully saturated rings. The molecule has 2 heteroatoms. The van der Waals surface area contributed by atoms with Crippen LogP contribution in [0.4, 0.5) is 0 Å². The van der Waals surface area contributed by atoms with E-state index in [4.69, 9.17) is 11.8 Å². The van der Waals surface area contributed by atoms with E-state index >= 15 is 0 Å². The summed E-state index contributed by atoms with van der Waals surface area (Å²) in [5, 5.41) is 0. The van der Waals surface area contributed by atoms with Crippen LogP contribution in [-0.2, 0) is 0 Å². The van der Waals surface area contributed by atoms with Gasteiger partial charge in [-0.3, -0.25) is 0 Å². The lowest BCUT2D eigenvalue weighted by Crippen LogP contribution is -2.20. The molecular weight excluding hydrogens is 110 g/mol.